The van der Waals surface area contributed by atoms with Gasteiger partial charge in [0.1, 0.15) is 12.4 Å². The number of guanidine groups is 1. The molecule has 0 saturated heterocycles. The van der Waals surface area contributed by atoms with Gasteiger partial charge in [-0.25, -0.2) is 9.98 Å². The van der Waals surface area contributed by atoms with Crippen LogP contribution in [0.2, 0.25) is 0 Å². The Morgan fingerprint density at radius 2 is 1.92 bits per heavy atom. The molecule has 1 heterocycles. The van der Waals surface area contributed by atoms with E-state index in [-0.39, 0.29) is 0 Å². The van der Waals surface area contributed by atoms with Crippen LogP contribution in [0.3, 0.4) is 0 Å². The van der Waals surface area contributed by atoms with Gasteiger partial charge in [-0.15, -0.1) is 0 Å². The van der Waals surface area contributed by atoms with Gasteiger partial charge in [0.25, 0.3) is 0 Å². The molecule has 1 saturated carbocycles. The fourth-order valence-electron chi connectivity index (χ4n) is 3.34. The van der Waals surface area contributed by atoms with E-state index in [1.165, 1.54) is 29.5 Å². The molecule has 1 fully saturated rings. The molecular formula is C20H23N5. The number of benzene rings is 2. The van der Waals surface area contributed by atoms with Crippen molar-refractivity contribution in [1.82, 2.24) is 9.55 Å². The third kappa shape index (κ3) is 3.36. The Morgan fingerprint density at radius 3 is 2.64 bits per heavy atom. The number of aromatic nitrogens is 2. The second-order valence-electron chi connectivity index (χ2n) is 6.82. The van der Waals surface area contributed by atoms with Crippen LogP contribution in [0.15, 0.2) is 47.5 Å². The van der Waals surface area contributed by atoms with Crippen molar-refractivity contribution in [3.8, 4) is 0 Å². The van der Waals surface area contributed by atoms with Gasteiger partial charge < -0.3 is 15.6 Å². The second kappa shape index (κ2) is 6.24. The van der Waals surface area contributed by atoms with Crippen LogP contribution in [0.1, 0.15) is 35.8 Å². The summed E-state index contributed by atoms with van der Waals surface area (Å²) in [4.78, 5) is 9.27. The first-order valence-electron chi connectivity index (χ1n) is 8.71. The zero-order valence-corrected chi connectivity index (χ0v) is 14.7. The quantitative estimate of drug-likeness (QED) is 0.562. The Kier molecular flexibility index (Phi) is 3.92. The smallest absolute Gasteiger partial charge is 0.193 e. The minimum Gasteiger partial charge on any atom is -0.370 e. The van der Waals surface area contributed by atoms with Gasteiger partial charge in [-0.05, 0) is 62.1 Å². The largest absolute Gasteiger partial charge is 0.370 e. The van der Waals surface area contributed by atoms with Crippen LogP contribution < -0.4 is 11.1 Å². The Hall–Kier alpha value is -2.82. The molecule has 1 aromatic heterocycles. The van der Waals surface area contributed by atoms with Gasteiger partial charge in [0.2, 0.25) is 0 Å². The molecule has 1 aliphatic rings. The fourth-order valence-corrected chi connectivity index (χ4v) is 3.34. The summed E-state index contributed by atoms with van der Waals surface area (Å²) in [6, 6.07) is 15.1. The van der Waals surface area contributed by atoms with E-state index in [2.05, 4.69) is 65.1 Å². The summed E-state index contributed by atoms with van der Waals surface area (Å²) in [6.45, 7) is 4.63. The van der Waals surface area contributed by atoms with E-state index in [1.807, 2.05) is 6.07 Å². The molecule has 0 aliphatic heterocycles. The van der Waals surface area contributed by atoms with Crippen molar-refractivity contribution in [3.05, 3.63) is 59.4 Å². The number of nitrogens with one attached hydrogen (secondary N) is 1. The Bertz CT molecular complexity index is 930. The molecular weight excluding hydrogens is 310 g/mol. The van der Waals surface area contributed by atoms with E-state index < -0.39 is 0 Å². The van der Waals surface area contributed by atoms with Crippen LogP contribution in [0.4, 0.5) is 5.69 Å². The molecule has 0 spiro atoms. The highest BCUT2D eigenvalue weighted by Crippen LogP contribution is 2.38. The molecule has 5 nitrogen and oxygen atoms in total. The fraction of sp³-hybridized carbons (Fsp3) is 0.300. The zero-order valence-electron chi connectivity index (χ0n) is 14.7. The lowest BCUT2D eigenvalue weighted by molar-refractivity contribution is 0.702. The van der Waals surface area contributed by atoms with Crippen LogP contribution in [-0.4, -0.2) is 15.5 Å². The molecule has 0 amide bonds. The maximum Gasteiger partial charge on any atom is 0.193 e. The predicted molar refractivity (Wildman–Crippen MR) is 103 cm³/mol. The Balaban J connectivity index is 1.56. The minimum atomic E-state index is 0.416. The Labute approximate surface area is 147 Å². The van der Waals surface area contributed by atoms with Gasteiger partial charge in [-0.2, -0.15) is 0 Å². The number of aliphatic imine (C=N–C) groups is 1. The first kappa shape index (κ1) is 15.7. The van der Waals surface area contributed by atoms with E-state index >= 15 is 0 Å². The molecule has 1 aliphatic carbocycles. The summed E-state index contributed by atoms with van der Waals surface area (Å²) in [5.41, 5.74) is 11.7. The predicted octanol–water partition coefficient (Wildman–Crippen LogP) is 3.91. The molecule has 3 aromatic rings. The normalized spacial score (nSPS) is 14.9. The molecule has 2 aromatic carbocycles. The summed E-state index contributed by atoms with van der Waals surface area (Å²) >= 11 is 0. The number of rotatable bonds is 4. The summed E-state index contributed by atoms with van der Waals surface area (Å²) in [6.07, 6.45) is 2.43. The highest BCUT2D eigenvalue weighted by atomic mass is 15.2. The maximum atomic E-state index is 6.09. The number of anilines is 1. The highest BCUT2D eigenvalue weighted by molar-refractivity contribution is 5.92. The van der Waals surface area contributed by atoms with Crippen LogP contribution in [0, 0.1) is 13.8 Å². The van der Waals surface area contributed by atoms with Crippen LogP contribution >= 0.6 is 0 Å². The first-order chi connectivity index (χ1) is 12.1. The number of imidazole rings is 1. The Morgan fingerprint density at radius 1 is 1.20 bits per heavy atom. The van der Waals surface area contributed by atoms with E-state index in [9.17, 15) is 0 Å². The van der Waals surface area contributed by atoms with Crippen molar-refractivity contribution in [2.45, 2.75) is 39.3 Å². The average molecular weight is 333 g/mol. The average Bonchev–Trinajstić information content (AvgIpc) is 3.32. The number of fused-ring (bicyclic) bond motifs is 1. The van der Waals surface area contributed by atoms with E-state index in [4.69, 9.17) is 10.7 Å². The van der Waals surface area contributed by atoms with Gasteiger partial charge in [0.15, 0.2) is 5.96 Å². The standard InChI is InChI=1S/C20H23N5/c1-13-9-14(2)11-15(10-13)23-20(21)22-12-19-24-17-5-3-4-6-18(17)25(19)16-7-8-16/h3-6,9-11,16H,7-8,12H2,1-2H3,(H3,21,22,23). The molecule has 3 N–H and O–H groups in total. The lowest BCUT2D eigenvalue weighted by Crippen LogP contribution is -2.23. The number of hydrogen-bond donors (Lipinski definition) is 2. The van der Waals surface area contributed by atoms with Gasteiger partial charge in [-0.3, -0.25) is 0 Å². The van der Waals surface area contributed by atoms with Crippen molar-refractivity contribution < 1.29 is 0 Å². The van der Waals surface area contributed by atoms with Crippen LogP contribution in [0.25, 0.3) is 11.0 Å². The third-order valence-corrected chi connectivity index (χ3v) is 4.47. The summed E-state index contributed by atoms with van der Waals surface area (Å²) < 4.78 is 2.32. The summed E-state index contributed by atoms with van der Waals surface area (Å²) in [5.74, 6) is 1.40. The molecule has 0 atom stereocenters. The van der Waals surface area contributed by atoms with E-state index in [0.29, 0.717) is 18.5 Å². The molecule has 0 unspecified atom stereocenters. The second-order valence-corrected chi connectivity index (χ2v) is 6.82. The van der Waals surface area contributed by atoms with Crippen molar-refractivity contribution >= 4 is 22.7 Å². The topological polar surface area (TPSA) is 68.2 Å². The third-order valence-electron chi connectivity index (χ3n) is 4.47. The lowest BCUT2D eigenvalue weighted by atomic mass is 10.1. The van der Waals surface area contributed by atoms with Crippen molar-refractivity contribution in [2.75, 3.05) is 5.32 Å². The van der Waals surface area contributed by atoms with Gasteiger partial charge >= 0.3 is 0 Å². The van der Waals surface area contributed by atoms with Gasteiger partial charge in [0, 0.05) is 11.7 Å². The SMILES string of the molecule is Cc1cc(C)cc(NC(N)=NCc2nc3ccccc3n2C2CC2)c1. The van der Waals surface area contributed by atoms with Gasteiger partial charge in [-0.1, -0.05) is 18.2 Å². The number of nitrogens with zero attached hydrogens (tertiary/aromatic N) is 3. The van der Waals surface area contributed by atoms with E-state index in [0.717, 1.165) is 17.0 Å². The number of nitrogens with two attached hydrogens (primary N) is 1. The zero-order chi connectivity index (χ0) is 17.4. The van der Waals surface area contributed by atoms with E-state index in [1.54, 1.807) is 0 Å². The molecule has 25 heavy (non-hydrogen) atoms. The monoisotopic (exact) mass is 333 g/mol. The molecule has 5 heteroatoms. The van der Waals surface area contributed by atoms with Gasteiger partial charge in [0.05, 0.1) is 11.0 Å². The number of hydrogen-bond acceptors (Lipinski definition) is 2. The minimum absolute atomic E-state index is 0.416. The summed E-state index contributed by atoms with van der Waals surface area (Å²) in [7, 11) is 0. The van der Waals surface area contributed by atoms with Crippen LogP contribution in [0.5, 0.6) is 0 Å². The van der Waals surface area contributed by atoms with Crippen LogP contribution in [-0.2, 0) is 6.54 Å². The first-order valence-corrected chi connectivity index (χ1v) is 8.71. The van der Waals surface area contributed by atoms with Crippen molar-refractivity contribution in [2.24, 2.45) is 10.7 Å². The highest BCUT2D eigenvalue weighted by Gasteiger charge is 2.27. The molecule has 4 rings (SSSR count). The van der Waals surface area contributed by atoms with Crippen molar-refractivity contribution in [3.63, 3.8) is 0 Å². The molecule has 128 valence electrons. The summed E-state index contributed by atoms with van der Waals surface area (Å²) in [5, 5.41) is 3.18. The lowest BCUT2D eigenvalue weighted by Gasteiger charge is -2.09. The maximum absolute atomic E-state index is 6.09. The molecule has 0 bridgehead atoms. The number of aryl methyl sites for hydroxylation is 2. The molecule has 0 radical (unpaired) electrons. The number of para-hydroxylation sites is 2. The van der Waals surface area contributed by atoms with Crippen molar-refractivity contribution in [1.29, 1.82) is 0 Å².